The average Bonchev–Trinajstić information content (AvgIpc) is 3.02. The van der Waals surface area contributed by atoms with Crippen LogP contribution in [0.5, 0.6) is 0 Å². The van der Waals surface area contributed by atoms with E-state index in [9.17, 15) is 0 Å². The molecular weight excluding hydrogens is 224 g/mol. The van der Waals surface area contributed by atoms with Gasteiger partial charge >= 0.3 is 0 Å². The largest absolute Gasteiger partial charge is 0.354 e. The quantitative estimate of drug-likeness (QED) is 0.785. The number of aromatic nitrogens is 2. The highest BCUT2D eigenvalue weighted by Crippen LogP contribution is 2.38. The molecule has 2 aliphatic heterocycles. The zero-order chi connectivity index (χ0) is 12.1. The number of nitrogens with zero attached hydrogens (tertiary/aromatic N) is 4. The summed E-state index contributed by atoms with van der Waals surface area (Å²) in [5, 5.41) is 0. The minimum absolute atomic E-state index is 0.854. The van der Waals surface area contributed by atoms with Crippen molar-refractivity contribution in [3.05, 3.63) is 18.1 Å². The van der Waals surface area contributed by atoms with Crippen molar-refractivity contribution in [1.29, 1.82) is 0 Å². The Bertz CT molecular complexity index is 443. The molecule has 0 aromatic carbocycles. The van der Waals surface area contributed by atoms with Gasteiger partial charge in [0.05, 0.1) is 5.69 Å². The minimum atomic E-state index is 0.854. The Morgan fingerprint density at radius 1 is 1.00 bits per heavy atom. The highest BCUT2D eigenvalue weighted by molar-refractivity contribution is 5.44. The fraction of sp³-hybridized carbons (Fsp3) is 0.714. The second-order valence-corrected chi connectivity index (χ2v) is 6.08. The molecule has 4 heteroatoms. The molecule has 3 fully saturated rings. The van der Waals surface area contributed by atoms with E-state index >= 15 is 0 Å². The highest BCUT2D eigenvalue weighted by atomic mass is 15.3. The van der Waals surface area contributed by atoms with Gasteiger partial charge in [-0.25, -0.2) is 4.98 Å². The van der Waals surface area contributed by atoms with Gasteiger partial charge in [-0.05, 0) is 31.6 Å². The van der Waals surface area contributed by atoms with Gasteiger partial charge in [-0.15, -0.1) is 0 Å². The molecule has 0 amide bonds. The van der Waals surface area contributed by atoms with Gasteiger partial charge in [0.15, 0.2) is 0 Å². The maximum atomic E-state index is 4.50. The Kier molecular flexibility index (Phi) is 2.34. The highest BCUT2D eigenvalue weighted by Gasteiger charge is 2.44. The molecule has 2 atom stereocenters. The van der Waals surface area contributed by atoms with Crippen molar-refractivity contribution in [2.45, 2.75) is 25.8 Å². The monoisotopic (exact) mass is 244 g/mol. The third-order valence-corrected chi connectivity index (χ3v) is 4.73. The van der Waals surface area contributed by atoms with Crippen molar-refractivity contribution in [1.82, 2.24) is 14.9 Å². The molecule has 2 unspecified atom stereocenters. The van der Waals surface area contributed by atoms with Crippen molar-refractivity contribution in [3.8, 4) is 0 Å². The van der Waals surface area contributed by atoms with Crippen molar-refractivity contribution < 1.29 is 0 Å². The average molecular weight is 244 g/mol. The van der Waals surface area contributed by atoms with Crippen LogP contribution < -0.4 is 4.90 Å². The van der Waals surface area contributed by atoms with Gasteiger partial charge in [0.2, 0.25) is 0 Å². The maximum Gasteiger partial charge on any atom is 0.150 e. The third kappa shape index (κ3) is 1.70. The molecule has 0 bridgehead atoms. The molecule has 3 aliphatic rings. The van der Waals surface area contributed by atoms with Crippen LogP contribution in [0.1, 0.15) is 18.5 Å². The zero-order valence-corrected chi connectivity index (χ0v) is 10.9. The third-order valence-electron chi connectivity index (χ3n) is 4.73. The molecule has 0 radical (unpaired) electrons. The smallest absolute Gasteiger partial charge is 0.150 e. The Morgan fingerprint density at radius 3 is 2.28 bits per heavy atom. The molecule has 2 saturated heterocycles. The molecule has 96 valence electrons. The summed E-state index contributed by atoms with van der Waals surface area (Å²) in [6.07, 6.45) is 6.47. The van der Waals surface area contributed by atoms with Gasteiger partial charge in [-0.2, -0.15) is 0 Å². The number of anilines is 1. The van der Waals surface area contributed by atoms with Gasteiger partial charge < -0.3 is 4.90 Å². The first-order valence-corrected chi connectivity index (χ1v) is 7.08. The molecule has 0 N–H and O–H groups in total. The van der Waals surface area contributed by atoms with Crippen LogP contribution in [-0.4, -0.2) is 47.1 Å². The van der Waals surface area contributed by atoms with Crippen LogP contribution in [0.25, 0.3) is 0 Å². The van der Waals surface area contributed by atoms with Crippen LogP contribution >= 0.6 is 0 Å². The second-order valence-electron chi connectivity index (χ2n) is 6.08. The fourth-order valence-electron chi connectivity index (χ4n) is 3.65. The van der Waals surface area contributed by atoms with Gasteiger partial charge in [0.1, 0.15) is 5.82 Å². The number of rotatable bonds is 2. The van der Waals surface area contributed by atoms with Gasteiger partial charge in [0.25, 0.3) is 0 Å². The molecule has 18 heavy (non-hydrogen) atoms. The SMILES string of the molecule is Cc1nccnc1N1CC2CN(C3CC3)CC2C1. The molecule has 1 saturated carbocycles. The van der Waals surface area contributed by atoms with E-state index in [1.807, 2.05) is 6.20 Å². The zero-order valence-electron chi connectivity index (χ0n) is 10.9. The maximum absolute atomic E-state index is 4.50. The predicted octanol–water partition coefficient (Wildman–Crippen LogP) is 1.32. The lowest BCUT2D eigenvalue weighted by atomic mass is 10.0. The van der Waals surface area contributed by atoms with E-state index in [4.69, 9.17) is 0 Å². The number of likely N-dealkylation sites (tertiary alicyclic amines) is 1. The van der Waals surface area contributed by atoms with Crippen LogP contribution in [0.4, 0.5) is 5.82 Å². The van der Waals surface area contributed by atoms with Gasteiger partial charge in [-0.3, -0.25) is 9.88 Å². The lowest BCUT2D eigenvalue weighted by molar-refractivity contribution is 0.306. The summed E-state index contributed by atoms with van der Waals surface area (Å²) in [6.45, 7) is 7.03. The fourth-order valence-corrected chi connectivity index (χ4v) is 3.65. The molecule has 3 heterocycles. The number of aryl methyl sites for hydroxylation is 1. The molecule has 1 aliphatic carbocycles. The van der Waals surface area contributed by atoms with Crippen LogP contribution in [0.15, 0.2) is 12.4 Å². The summed E-state index contributed by atoms with van der Waals surface area (Å²) in [7, 11) is 0. The van der Waals surface area contributed by atoms with E-state index in [0.717, 1.165) is 29.4 Å². The van der Waals surface area contributed by atoms with Crippen LogP contribution in [-0.2, 0) is 0 Å². The van der Waals surface area contributed by atoms with E-state index in [-0.39, 0.29) is 0 Å². The van der Waals surface area contributed by atoms with Crippen molar-refractivity contribution in [2.24, 2.45) is 11.8 Å². The van der Waals surface area contributed by atoms with Crippen LogP contribution in [0.2, 0.25) is 0 Å². The Labute approximate surface area is 108 Å². The van der Waals surface area contributed by atoms with Gasteiger partial charge in [0, 0.05) is 44.6 Å². The van der Waals surface area contributed by atoms with Crippen molar-refractivity contribution in [3.63, 3.8) is 0 Å². The molecule has 0 spiro atoms. The van der Waals surface area contributed by atoms with Crippen LogP contribution in [0.3, 0.4) is 0 Å². The van der Waals surface area contributed by atoms with E-state index < -0.39 is 0 Å². The first kappa shape index (κ1) is 10.7. The van der Waals surface area contributed by atoms with E-state index in [0.29, 0.717) is 0 Å². The van der Waals surface area contributed by atoms with E-state index in [1.54, 1.807) is 6.20 Å². The molecular formula is C14H20N4. The van der Waals surface area contributed by atoms with Crippen molar-refractivity contribution in [2.75, 3.05) is 31.1 Å². The lowest BCUT2D eigenvalue weighted by Crippen LogP contribution is -2.30. The molecule has 4 rings (SSSR count). The summed E-state index contributed by atoms with van der Waals surface area (Å²) in [6, 6.07) is 0.933. The van der Waals surface area contributed by atoms with Gasteiger partial charge in [-0.1, -0.05) is 0 Å². The normalized spacial score (nSPS) is 31.9. The van der Waals surface area contributed by atoms with Crippen LogP contribution in [0, 0.1) is 18.8 Å². The van der Waals surface area contributed by atoms with Crippen molar-refractivity contribution >= 4 is 5.82 Å². The topological polar surface area (TPSA) is 32.3 Å². The first-order chi connectivity index (χ1) is 8.81. The summed E-state index contributed by atoms with van der Waals surface area (Å²) >= 11 is 0. The molecule has 1 aromatic rings. The first-order valence-electron chi connectivity index (χ1n) is 7.08. The summed E-state index contributed by atoms with van der Waals surface area (Å²) in [4.78, 5) is 14.0. The lowest BCUT2D eigenvalue weighted by Gasteiger charge is -2.22. The standard InChI is InChI=1S/C14H20N4/c1-10-14(16-5-4-15-10)18-8-11-6-17(13-2-3-13)7-12(11)9-18/h4-5,11-13H,2-3,6-9H2,1H3. The predicted molar refractivity (Wildman–Crippen MR) is 70.6 cm³/mol. The molecule has 1 aromatic heterocycles. The minimum Gasteiger partial charge on any atom is -0.354 e. The van der Waals surface area contributed by atoms with E-state index in [2.05, 4.69) is 26.7 Å². The number of fused-ring (bicyclic) bond motifs is 1. The summed E-state index contributed by atoms with van der Waals surface area (Å²) < 4.78 is 0. The number of hydrogen-bond acceptors (Lipinski definition) is 4. The Balaban J connectivity index is 1.48. The Morgan fingerprint density at radius 2 is 1.67 bits per heavy atom. The molecule has 4 nitrogen and oxygen atoms in total. The van der Waals surface area contributed by atoms with E-state index in [1.165, 1.54) is 39.0 Å². The Hall–Kier alpha value is -1.16. The summed E-state index contributed by atoms with van der Waals surface area (Å²) in [5.41, 5.74) is 1.07. The number of hydrogen-bond donors (Lipinski definition) is 0. The summed E-state index contributed by atoms with van der Waals surface area (Å²) in [5.74, 6) is 2.81. The second kappa shape index (κ2) is 3.92.